The highest BCUT2D eigenvalue weighted by atomic mass is 35.5. The highest BCUT2D eigenvalue weighted by Gasteiger charge is 2.06. The first-order valence-corrected chi connectivity index (χ1v) is 4.92. The van der Waals surface area contributed by atoms with Crippen molar-refractivity contribution in [3.63, 3.8) is 0 Å². The molecule has 1 aromatic heterocycles. The molecule has 0 aliphatic carbocycles. The Balaban J connectivity index is 2.42. The molecule has 0 radical (unpaired) electrons. The van der Waals surface area contributed by atoms with Gasteiger partial charge in [0.2, 0.25) is 11.8 Å². The molecule has 0 bridgehead atoms. The molecule has 5 heteroatoms. The van der Waals surface area contributed by atoms with E-state index in [2.05, 4.69) is 10.3 Å². The van der Waals surface area contributed by atoms with Crippen LogP contribution in [0.3, 0.4) is 0 Å². The van der Waals surface area contributed by atoms with Gasteiger partial charge >= 0.3 is 0 Å². The molecule has 1 heterocycles. The Labute approximate surface area is 87.6 Å². The van der Waals surface area contributed by atoms with Crippen molar-refractivity contribution in [3.05, 3.63) is 17.3 Å². The molecule has 0 aromatic carbocycles. The molecule has 0 saturated heterocycles. The molecule has 0 aliphatic heterocycles. The number of nitrogens with zero attached hydrogens (tertiary/aromatic N) is 1. The molecular weight excluding hydrogens is 204 g/mol. The zero-order valence-electron chi connectivity index (χ0n) is 8.26. The third kappa shape index (κ3) is 3.03. The number of rotatable bonds is 4. The highest BCUT2D eigenvalue weighted by Crippen LogP contribution is 2.07. The second-order valence-electron chi connectivity index (χ2n) is 2.96. The molecule has 4 nitrogen and oxygen atoms in total. The van der Waals surface area contributed by atoms with Crippen molar-refractivity contribution >= 4 is 17.5 Å². The van der Waals surface area contributed by atoms with Crippen LogP contribution in [0.4, 0.5) is 0 Å². The van der Waals surface area contributed by atoms with Crippen molar-refractivity contribution in [2.45, 2.75) is 26.8 Å². The fraction of sp³-hybridized carbons (Fsp3) is 0.556. The molecule has 0 aliphatic rings. The van der Waals surface area contributed by atoms with Gasteiger partial charge in [0.1, 0.15) is 5.76 Å². The average molecular weight is 217 g/mol. The molecule has 0 saturated carbocycles. The molecule has 0 unspecified atom stereocenters. The van der Waals surface area contributed by atoms with Crippen LogP contribution in [0.1, 0.15) is 23.8 Å². The van der Waals surface area contributed by atoms with Gasteiger partial charge < -0.3 is 9.73 Å². The lowest BCUT2D eigenvalue weighted by Gasteiger charge is -1.99. The van der Waals surface area contributed by atoms with Gasteiger partial charge in [-0.05, 0) is 13.8 Å². The predicted octanol–water partition coefficient (Wildman–Crippen LogP) is 1.54. The maximum Gasteiger partial charge on any atom is 0.221 e. The molecule has 1 amide bonds. The van der Waals surface area contributed by atoms with Crippen LogP contribution < -0.4 is 5.32 Å². The van der Waals surface area contributed by atoms with Crippen molar-refractivity contribution in [2.24, 2.45) is 0 Å². The summed E-state index contributed by atoms with van der Waals surface area (Å²) in [7, 11) is 0. The second kappa shape index (κ2) is 5.00. The molecule has 1 rings (SSSR count). The average Bonchev–Trinajstić information content (AvgIpc) is 2.44. The Kier molecular flexibility index (Phi) is 3.95. The summed E-state index contributed by atoms with van der Waals surface area (Å²) in [6.45, 7) is 4.03. The highest BCUT2D eigenvalue weighted by molar-refractivity contribution is 6.18. The minimum atomic E-state index is -0.0893. The summed E-state index contributed by atoms with van der Waals surface area (Å²) in [6, 6.07) is 0. The van der Waals surface area contributed by atoms with E-state index in [9.17, 15) is 4.79 Å². The van der Waals surface area contributed by atoms with E-state index in [1.807, 2.05) is 13.8 Å². The number of carbonyl (C=O) groups excluding carboxylic acids is 1. The normalized spacial score (nSPS) is 10.2. The number of alkyl halides is 1. The molecule has 1 N–H and O–H groups in total. The van der Waals surface area contributed by atoms with Crippen LogP contribution in [0.25, 0.3) is 0 Å². The van der Waals surface area contributed by atoms with E-state index in [0.29, 0.717) is 24.7 Å². The van der Waals surface area contributed by atoms with Crippen molar-refractivity contribution in [3.8, 4) is 0 Å². The summed E-state index contributed by atoms with van der Waals surface area (Å²) in [5, 5.41) is 2.66. The van der Waals surface area contributed by atoms with Gasteiger partial charge in [-0.1, -0.05) is 0 Å². The minimum Gasteiger partial charge on any atom is -0.444 e. The monoisotopic (exact) mass is 216 g/mol. The van der Waals surface area contributed by atoms with Crippen molar-refractivity contribution in [2.75, 3.05) is 5.88 Å². The molecule has 78 valence electrons. The molecule has 1 aromatic rings. The SMILES string of the molecule is Cc1nc(CNC(=O)CCCl)oc1C. The number of oxazole rings is 1. The van der Waals surface area contributed by atoms with Crippen molar-refractivity contribution < 1.29 is 9.21 Å². The number of hydrogen-bond acceptors (Lipinski definition) is 3. The summed E-state index contributed by atoms with van der Waals surface area (Å²) >= 11 is 5.41. The number of aromatic nitrogens is 1. The number of amides is 1. The van der Waals surface area contributed by atoms with Crippen LogP contribution in [0.5, 0.6) is 0 Å². The largest absolute Gasteiger partial charge is 0.444 e. The number of hydrogen-bond donors (Lipinski definition) is 1. The van der Waals surface area contributed by atoms with Crippen molar-refractivity contribution in [1.29, 1.82) is 0 Å². The van der Waals surface area contributed by atoms with Crippen molar-refractivity contribution in [1.82, 2.24) is 10.3 Å². The molecule has 14 heavy (non-hydrogen) atoms. The van der Waals surface area contributed by atoms with E-state index in [-0.39, 0.29) is 5.91 Å². The summed E-state index contributed by atoms with van der Waals surface area (Å²) in [4.78, 5) is 15.2. The van der Waals surface area contributed by atoms with Gasteiger partial charge in [-0.3, -0.25) is 4.79 Å². The second-order valence-corrected chi connectivity index (χ2v) is 3.34. The lowest BCUT2D eigenvalue weighted by Crippen LogP contribution is -2.22. The van der Waals surface area contributed by atoms with Gasteiger partial charge in [-0.25, -0.2) is 4.98 Å². The molecule has 0 atom stereocenters. The fourth-order valence-electron chi connectivity index (χ4n) is 0.963. The zero-order chi connectivity index (χ0) is 10.6. The van der Waals surface area contributed by atoms with Crippen LogP contribution in [0.2, 0.25) is 0 Å². The third-order valence-electron chi connectivity index (χ3n) is 1.83. The standard InChI is InChI=1S/C9H13ClN2O2/c1-6-7(2)14-9(12-6)5-11-8(13)3-4-10/h3-5H2,1-2H3,(H,11,13). The summed E-state index contributed by atoms with van der Waals surface area (Å²) in [5.74, 6) is 1.55. The molecular formula is C9H13ClN2O2. The van der Waals surface area contributed by atoms with E-state index in [1.54, 1.807) is 0 Å². The van der Waals surface area contributed by atoms with E-state index in [0.717, 1.165) is 11.5 Å². The predicted molar refractivity (Wildman–Crippen MR) is 53.2 cm³/mol. The number of carbonyl (C=O) groups is 1. The fourth-order valence-corrected chi connectivity index (χ4v) is 1.13. The molecule has 0 fully saturated rings. The Hall–Kier alpha value is -1.03. The van der Waals surface area contributed by atoms with Gasteiger partial charge in [0.05, 0.1) is 12.2 Å². The maximum absolute atomic E-state index is 11.0. The van der Waals surface area contributed by atoms with Crippen LogP contribution in [0, 0.1) is 13.8 Å². The van der Waals surface area contributed by atoms with Gasteiger partial charge in [0, 0.05) is 12.3 Å². The Morgan fingerprint density at radius 1 is 1.57 bits per heavy atom. The van der Waals surface area contributed by atoms with Gasteiger partial charge in [0.25, 0.3) is 0 Å². The van der Waals surface area contributed by atoms with E-state index in [1.165, 1.54) is 0 Å². The first-order chi connectivity index (χ1) is 6.63. The van der Waals surface area contributed by atoms with E-state index < -0.39 is 0 Å². The first-order valence-electron chi connectivity index (χ1n) is 4.39. The quantitative estimate of drug-likeness (QED) is 0.777. The smallest absolute Gasteiger partial charge is 0.221 e. The Morgan fingerprint density at radius 3 is 2.79 bits per heavy atom. The third-order valence-corrected chi connectivity index (χ3v) is 2.02. The minimum absolute atomic E-state index is 0.0893. The lowest BCUT2D eigenvalue weighted by molar-refractivity contribution is -0.120. The van der Waals surface area contributed by atoms with Crippen LogP contribution >= 0.6 is 11.6 Å². The van der Waals surface area contributed by atoms with Gasteiger partial charge in [-0.15, -0.1) is 11.6 Å². The zero-order valence-corrected chi connectivity index (χ0v) is 9.02. The maximum atomic E-state index is 11.0. The van der Waals surface area contributed by atoms with Crippen LogP contribution in [-0.2, 0) is 11.3 Å². The summed E-state index contributed by atoms with van der Waals surface area (Å²) < 4.78 is 5.28. The number of nitrogens with one attached hydrogen (secondary N) is 1. The lowest BCUT2D eigenvalue weighted by atomic mass is 10.4. The van der Waals surface area contributed by atoms with Crippen LogP contribution in [0.15, 0.2) is 4.42 Å². The Bertz CT molecular complexity index is 303. The van der Waals surface area contributed by atoms with E-state index in [4.69, 9.17) is 16.0 Å². The van der Waals surface area contributed by atoms with Crippen LogP contribution in [-0.4, -0.2) is 16.8 Å². The van der Waals surface area contributed by atoms with E-state index >= 15 is 0 Å². The molecule has 0 spiro atoms. The number of halogens is 1. The Morgan fingerprint density at radius 2 is 2.29 bits per heavy atom. The van der Waals surface area contributed by atoms with Gasteiger partial charge in [0.15, 0.2) is 0 Å². The number of aryl methyl sites for hydroxylation is 2. The summed E-state index contributed by atoms with van der Waals surface area (Å²) in [6.07, 6.45) is 0.320. The summed E-state index contributed by atoms with van der Waals surface area (Å²) in [5.41, 5.74) is 0.853. The first kappa shape index (κ1) is 11.0. The van der Waals surface area contributed by atoms with Gasteiger partial charge in [-0.2, -0.15) is 0 Å². The topological polar surface area (TPSA) is 55.1 Å².